The van der Waals surface area contributed by atoms with Crippen LogP contribution in [0, 0.1) is 5.92 Å². The van der Waals surface area contributed by atoms with Gasteiger partial charge in [0.25, 0.3) is 0 Å². The first-order chi connectivity index (χ1) is 16.1. The number of carbonyl (C=O) groups excluding carboxylic acids is 1. The fraction of sp³-hybridized carbons (Fsp3) is 0.625. The summed E-state index contributed by atoms with van der Waals surface area (Å²) in [5.41, 5.74) is -0.320. The van der Waals surface area contributed by atoms with Gasteiger partial charge in [-0.3, -0.25) is 4.79 Å². The van der Waals surface area contributed by atoms with Gasteiger partial charge in [0.1, 0.15) is 0 Å². The summed E-state index contributed by atoms with van der Waals surface area (Å²) in [4.78, 5) is 12.6. The maximum Gasteiger partial charge on any atom is 0.416 e. The molecule has 1 amide bonds. The summed E-state index contributed by atoms with van der Waals surface area (Å²) in [5.74, 6) is 1.15. The van der Waals surface area contributed by atoms with E-state index >= 15 is 0 Å². The number of hydrogen-bond acceptors (Lipinski definition) is 5. The van der Waals surface area contributed by atoms with Crippen LogP contribution < -0.4 is 10.6 Å². The first-order valence-corrected chi connectivity index (χ1v) is 12.8. The number of nitrogens with one attached hydrogen (secondary N) is 2. The van der Waals surface area contributed by atoms with Gasteiger partial charge >= 0.3 is 6.18 Å². The van der Waals surface area contributed by atoms with Crippen molar-refractivity contribution in [3.05, 3.63) is 35.7 Å². The molecule has 188 valence electrons. The number of hydrogen-bond donors (Lipinski definition) is 2. The third kappa shape index (κ3) is 7.38. The van der Waals surface area contributed by atoms with E-state index in [0.29, 0.717) is 29.1 Å². The zero-order chi connectivity index (χ0) is 24.7. The first-order valence-electron chi connectivity index (χ1n) is 11.9. The van der Waals surface area contributed by atoms with E-state index in [1.54, 1.807) is 6.07 Å². The Morgan fingerprint density at radius 3 is 2.59 bits per heavy atom. The lowest BCUT2D eigenvalue weighted by Crippen LogP contribution is -2.32. The SMILES string of the molecule is CC(C)CCNC(=O)C(C)Sc1nnc(CNc2cccc(C(F)(F)F)c2)n1C1CCCCC1. The van der Waals surface area contributed by atoms with Gasteiger partial charge in [0.2, 0.25) is 5.91 Å². The van der Waals surface area contributed by atoms with Crippen LogP contribution in [0.4, 0.5) is 18.9 Å². The Hall–Kier alpha value is -2.23. The minimum absolute atomic E-state index is 0.0347. The van der Waals surface area contributed by atoms with Crippen molar-refractivity contribution >= 4 is 23.4 Å². The van der Waals surface area contributed by atoms with Crippen LogP contribution in [-0.2, 0) is 17.5 Å². The zero-order valence-electron chi connectivity index (χ0n) is 20.0. The summed E-state index contributed by atoms with van der Waals surface area (Å²) in [6, 6.07) is 5.37. The van der Waals surface area contributed by atoms with Crippen molar-refractivity contribution in [2.45, 2.75) is 88.5 Å². The number of benzene rings is 1. The van der Waals surface area contributed by atoms with Gasteiger partial charge in [-0.25, -0.2) is 0 Å². The molecule has 1 atom stereocenters. The number of rotatable bonds is 10. The lowest BCUT2D eigenvalue weighted by molar-refractivity contribution is -0.137. The van der Waals surface area contributed by atoms with Crippen LogP contribution in [-0.4, -0.2) is 32.5 Å². The molecule has 2 aromatic rings. The topological polar surface area (TPSA) is 71.8 Å². The van der Waals surface area contributed by atoms with E-state index < -0.39 is 11.7 Å². The summed E-state index contributed by atoms with van der Waals surface area (Å²) in [5, 5.41) is 15.1. The minimum atomic E-state index is -4.39. The fourth-order valence-corrected chi connectivity index (χ4v) is 5.00. The van der Waals surface area contributed by atoms with Crippen LogP contribution in [0.15, 0.2) is 29.4 Å². The second kappa shape index (κ2) is 12.0. The molecule has 0 aliphatic heterocycles. The van der Waals surface area contributed by atoms with E-state index in [1.807, 2.05) is 6.92 Å². The first kappa shape index (κ1) is 26.4. The van der Waals surface area contributed by atoms with Gasteiger partial charge in [-0.1, -0.05) is 50.9 Å². The van der Waals surface area contributed by atoms with Crippen molar-refractivity contribution in [2.24, 2.45) is 5.92 Å². The molecule has 1 aromatic heterocycles. The molecule has 0 bridgehead atoms. The van der Waals surface area contributed by atoms with Crippen LogP contribution in [0.2, 0.25) is 0 Å². The monoisotopic (exact) mass is 497 g/mol. The van der Waals surface area contributed by atoms with Crippen molar-refractivity contribution < 1.29 is 18.0 Å². The highest BCUT2D eigenvalue weighted by Gasteiger charge is 2.30. The molecule has 10 heteroatoms. The van der Waals surface area contributed by atoms with Crippen molar-refractivity contribution in [3.63, 3.8) is 0 Å². The molecule has 1 unspecified atom stereocenters. The van der Waals surface area contributed by atoms with E-state index in [9.17, 15) is 18.0 Å². The van der Waals surface area contributed by atoms with E-state index in [2.05, 4.69) is 39.2 Å². The molecule has 1 fully saturated rings. The smallest absolute Gasteiger partial charge is 0.378 e. The Morgan fingerprint density at radius 1 is 1.18 bits per heavy atom. The number of anilines is 1. The second-order valence-electron chi connectivity index (χ2n) is 9.23. The summed E-state index contributed by atoms with van der Waals surface area (Å²) in [6.07, 6.45) is 1.93. The molecular formula is C24H34F3N5OS. The van der Waals surface area contributed by atoms with Gasteiger partial charge in [0.15, 0.2) is 11.0 Å². The third-order valence-corrected chi connectivity index (χ3v) is 7.04. The van der Waals surface area contributed by atoms with E-state index in [0.717, 1.165) is 44.2 Å². The average molecular weight is 498 g/mol. The standard InChI is InChI=1S/C24H34F3N5OS/c1-16(2)12-13-28-22(33)17(3)34-23-31-30-21(32(23)20-10-5-4-6-11-20)15-29-19-9-7-8-18(14-19)24(25,26)27/h7-9,14,16-17,20,29H,4-6,10-13,15H2,1-3H3,(H,28,33). The Morgan fingerprint density at radius 2 is 1.91 bits per heavy atom. The molecule has 1 saturated carbocycles. The average Bonchev–Trinajstić information content (AvgIpc) is 3.19. The van der Waals surface area contributed by atoms with Crippen LogP contribution in [0.25, 0.3) is 0 Å². The molecule has 1 aromatic carbocycles. The number of thioether (sulfide) groups is 1. The zero-order valence-corrected chi connectivity index (χ0v) is 20.8. The van der Waals surface area contributed by atoms with Crippen molar-refractivity contribution in [1.29, 1.82) is 0 Å². The van der Waals surface area contributed by atoms with Crippen LogP contribution >= 0.6 is 11.8 Å². The Labute approximate surface area is 203 Å². The van der Waals surface area contributed by atoms with Crippen molar-refractivity contribution in [2.75, 3.05) is 11.9 Å². The largest absolute Gasteiger partial charge is 0.416 e. The molecule has 2 N–H and O–H groups in total. The Kier molecular flexibility index (Phi) is 9.27. The van der Waals surface area contributed by atoms with Gasteiger partial charge in [0, 0.05) is 18.3 Å². The predicted octanol–water partition coefficient (Wildman–Crippen LogP) is 6.06. The molecule has 0 spiro atoms. The predicted molar refractivity (Wildman–Crippen MR) is 129 cm³/mol. The van der Waals surface area contributed by atoms with E-state index in [1.165, 1.54) is 24.2 Å². The van der Waals surface area contributed by atoms with Crippen LogP contribution in [0.5, 0.6) is 0 Å². The molecule has 1 aliphatic carbocycles. The molecule has 1 aliphatic rings. The van der Waals surface area contributed by atoms with Crippen LogP contribution in [0.1, 0.15) is 76.7 Å². The third-order valence-electron chi connectivity index (χ3n) is 5.99. The summed E-state index contributed by atoms with van der Waals surface area (Å²) in [6.45, 7) is 6.98. The Balaban J connectivity index is 1.73. The van der Waals surface area contributed by atoms with Crippen LogP contribution in [0.3, 0.4) is 0 Å². The number of amides is 1. The number of alkyl halides is 3. The quantitative estimate of drug-likeness (QED) is 0.391. The highest BCUT2D eigenvalue weighted by atomic mass is 32.2. The molecule has 0 saturated heterocycles. The summed E-state index contributed by atoms with van der Waals surface area (Å²) >= 11 is 1.38. The molecule has 6 nitrogen and oxygen atoms in total. The fourth-order valence-electron chi connectivity index (χ4n) is 4.04. The van der Waals surface area contributed by atoms with Gasteiger partial charge in [-0.05, 0) is 50.3 Å². The van der Waals surface area contributed by atoms with Gasteiger partial charge in [-0.15, -0.1) is 10.2 Å². The van der Waals surface area contributed by atoms with E-state index in [4.69, 9.17) is 0 Å². The van der Waals surface area contributed by atoms with Gasteiger partial charge in [-0.2, -0.15) is 13.2 Å². The van der Waals surface area contributed by atoms with Gasteiger partial charge < -0.3 is 15.2 Å². The highest BCUT2D eigenvalue weighted by Crippen LogP contribution is 2.34. The highest BCUT2D eigenvalue weighted by molar-refractivity contribution is 8.00. The maximum atomic E-state index is 13.1. The minimum Gasteiger partial charge on any atom is -0.378 e. The molecule has 3 rings (SSSR count). The number of carbonyl (C=O) groups is 1. The molecule has 0 radical (unpaired) electrons. The lowest BCUT2D eigenvalue weighted by atomic mass is 9.95. The van der Waals surface area contributed by atoms with Crippen molar-refractivity contribution in [1.82, 2.24) is 20.1 Å². The molecular weight excluding hydrogens is 463 g/mol. The number of nitrogens with zero attached hydrogens (tertiary/aromatic N) is 3. The number of aromatic nitrogens is 3. The second-order valence-corrected chi connectivity index (χ2v) is 10.5. The molecule has 1 heterocycles. The summed E-state index contributed by atoms with van der Waals surface area (Å²) < 4.78 is 41.3. The molecule has 34 heavy (non-hydrogen) atoms. The Bertz CT molecular complexity index is 941. The van der Waals surface area contributed by atoms with E-state index in [-0.39, 0.29) is 23.7 Å². The number of halogens is 3. The lowest BCUT2D eigenvalue weighted by Gasteiger charge is -2.26. The normalized spacial score (nSPS) is 16.0. The van der Waals surface area contributed by atoms with Gasteiger partial charge in [0.05, 0.1) is 17.4 Å². The summed E-state index contributed by atoms with van der Waals surface area (Å²) in [7, 11) is 0. The maximum absolute atomic E-state index is 13.1. The van der Waals surface area contributed by atoms with Crippen molar-refractivity contribution in [3.8, 4) is 0 Å².